The topological polar surface area (TPSA) is 171 Å². The molecular weight excluding hydrogens is 496 g/mol. The van der Waals surface area contributed by atoms with E-state index in [2.05, 4.69) is 16.1 Å². The predicted octanol–water partition coefficient (Wildman–Crippen LogP) is 2.09. The molecule has 1 aliphatic heterocycles. The molecular formula is C22H28FN5O7P+. The Labute approximate surface area is 207 Å². The molecule has 3 rings (SSSR count). The number of ether oxygens (including phenoxy) is 2. The third-order valence-corrected chi connectivity index (χ3v) is 6.66. The van der Waals surface area contributed by atoms with Gasteiger partial charge in [-0.1, -0.05) is 5.09 Å². The summed E-state index contributed by atoms with van der Waals surface area (Å²) >= 11 is 0. The van der Waals surface area contributed by atoms with Crippen molar-refractivity contribution in [2.45, 2.75) is 45.6 Å². The molecule has 2 heterocycles. The molecule has 1 fully saturated rings. The molecule has 1 aromatic carbocycles. The van der Waals surface area contributed by atoms with Gasteiger partial charge in [0, 0.05) is 6.20 Å². The molecule has 0 aliphatic carbocycles. The van der Waals surface area contributed by atoms with Gasteiger partial charge >= 0.3 is 19.8 Å². The number of aromatic nitrogens is 2. The van der Waals surface area contributed by atoms with Gasteiger partial charge in [0.05, 0.1) is 18.3 Å². The molecule has 1 aliphatic rings. The number of nitrogens with one attached hydrogen (secondary N) is 1. The molecule has 4 unspecified atom stereocenters. The van der Waals surface area contributed by atoms with E-state index in [0.29, 0.717) is 0 Å². The molecule has 12 nitrogen and oxygen atoms in total. The molecule has 2 aromatic rings. The minimum Gasteiger partial charge on any atom is -0.462 e. The van der Waals surface area contributed by atoms with Crippen molar-refractivity contribution in [3.05, 3.63) is 52.8 Å². The van der Waals surface area contributed by atoms with Crippen LogP contribution in [0.1, 0.15) is 33.4 Å². The molecule has 1 saturated heterocycles. The minimum absolute atomic E-state index is 0.0302. The van der Waals surface area contributed by atoms with Gasteiger partial charge in [-0.15, -0.1) is 0 Å². The van der Waals surface area contributed by atoms with E-state index in [4.69, 9.17) is 24.3 Å². The second-order valence-electron chi connectivity index (χ2n) is 8.62. The van der Waals surface area contributed by atoms with Gasteiger partial charge in [0.1, 0.15) is 30.2 Å². The van der Waals surface area contributed by atoms with Crippen LogP contribution in [0.5, 0.6) is 5.75 Å². The van der Waals surface area contributed by atoms with E-state index < -0.39 is 49.9 Å². The average Bonchev–Trinajstić information content (AvgIpc) is 3.15. The van der Waals surface area contributed by atoms with Crippen LogP contribution in [-0.2, 0) is 18.8 Å². The first-order valence-corrected chi connectivity index (χ1v) is 12.6. The highest BCUT2D eigenvalue weighted by Gasteiger charge is 2.51. The first-order chi connectivity index (χ1) is 16.9. The van der Waals surface area contributed by atoms with Crippen molar-refractivity contribution in [3.8, 4) is 11.8 Å². The van der Waals surface area contributed by atoms with Crippen LogP contribution in [0.25, 0.3) is 0 Å². The Balaban J connectivity index is 1.75. The smallest absolute Gasteiger partial charge is 0.462 e. The Bertz CT molecular complexity index is 1170. The molecule has 1 aromatic heterocycles. The van der Waals surface area contributed by atoms with Crippen LogP contribution >= 0.6 is 8.09 Å². The molecule has 4 N–H and O–H groups in total. The van der Waals surface area contributed by atoms with Crippen molar-refractivity contribution < 1.29 is 32.6 Å². The van der Waals surface area contributed by atoms with Crippen LogP contribution in [0.3, 0.4) is 0 Å². The fourth-order valence-electron chi connectivity index (χ4n) is 3.53. The van der Waals surface area contributed by atoms with Gasteiger partial charge in [-0.3, -0.25) is 13.9 Å². The van der Waals surface area contributed by atoms with Crippen molar-refractivity contribution in [3.63, 3.8) is 0 Å². The Morgan fingerprint density at radius 3 is 2.75 bits per heavy atom. The summed E-state index contributed by atoms with van der Waals surface area (Å²) in [7, 11) is -3.95. The normalized spacial score (nSPS) is 23.1. The molecule has 0 spiro atoms. The number of nitrogens with two attached hydrogens (primary N) is 1. The van der Waals surface area contributed by atoms with E-state index >= 15 is 0 Å². The van der Waals surface area contributed by atoms with E-state index in [-0.39, 0.29) is 30.7 Å². The summed E-state index contributed by atoms with van der Waals surface area (Å²) in [6.45, 7) is 4.28. The Kier molecular flexibility index (Phi) is 8.60. The summed E-state index contributed by atoms with van der Waals surface area (Å²) in [5.41, 5.74) is 3.74. The quantitative estimate of drug-likeness (QED) is 0.307. The summed E-state index contributed by atoms with van der Waals surface area (Å²) in [5, 5.41) is 12.3. The number of nitrogen functional groups attached to an aromatic ring is 1. The number of hydrogen-bond donors (Lipinski definition) is 3. The lowest BCUT2D eigenvalue weighted by Gasteiger charge is -2.23. The zero-order chi connectivity index (χ0) is 26.5. The van der Waals surface area contributed by atoms with E-state index in [0.717, 1.165) is 16.7 Å². The molecule has 14 heteroatoms. The van der Waals surface area contributed by atoms with Gasteiger partial charge in [-0.05, 0) is 57.5 Å². The van der Waals surface area contributed by atoms with Crippen molar-refractivity contribution >= 4 is 19.9 Å². The predicted molar refractivity (Wildman–Crippen MR) is 127 cm³/mol. The third kappa shape index (κ3) is 6.96. The molecule has 0 amide bonds. The van der Waals surface area contributed by atoms with Crippen molar-refractivity contribution in [1.82, 2.24) is 14.6 Å². The zero-order valence-electron chi connectivity index (χ0n) is 20.0. The third-order valence-electron chi connectivity index (χ3n) is 5.15. The second-order valence-corrected chi connectivity index (χ2v) is 10.4. The Hall–Kier alpha value is -3.14. The largest absolute Gasteiger partial charge is 0.544 e. The van der Waals surface area contributed by atoms with E-state index in [1.165, 1.54) is 24.4 Å². The number of nitriles is 1. The number of nitrogens with zero attached hydrogens (tertiary/aromatic N) is 3. The SMILES string of the molecule is CC(C)OC(=O)CN[P+](O)(OCC1CC(C)(C#N)C(n2ccc(N)nc2=O)O1)Oc1ccc(F)cc1. The second kappa shape index (κ2) is 11.3. The van der Waals surface area contributed by atoms with E-state index in [1.54, 1.807) is 20.8 Å². The maximum Gasteiger partial charge on any atom is 0.544 e. The van der Waals surface area contributed by atoms with Crippen molar-refractivity contribution in [2.75, 3.05) is 18.9 Å². The Morgan fingerprint density at radius 2 is 2.14 bits per heavy atom. The molecule has 4 atom stereocenters. The Morgan fingerprint density at radius 1 is 1.44 bits per heavy atom. The van der Waals surface area contributed by atoms with Gasteiger partial charge in [0.25, 0.3) is 0 Å². The zero-order valence-corrected chi connectivity index (χ0v) is 20.9. The summed E-state index contributed by atoms with van der Waals surface area (Å²) in [5.74, 6) is -1.04. The average molecular weight is 524 g/mol. The number of esters is 1. The lowest BCUT2D eigenvalue weighted by molar-refractivity contribution is -0.146. The number of rotatable bonds is 10. The van der Waals surface area contributed by atoms with Crippen LogP contribution < -0.4 is 21.0 Å². The standard InChI is InChI=1S/C22H27FN5O7P/c1-14(2)33-19(29)11-26-36(31,35-16-6-4-15(23)5-7-16)32-12-17-10-22(3,13-24)20(34-17)28-9-8-18(25)27-21(28)30/h4-9,14,17,20,26,31H,10-12H2,1-3H3,(H-,25,27,30)/p+1. The minimum atomic E-state index is -3.95. The van der Waals surface area contributed by atoms with Crippen LogP contribution in [0.4, 0.5) is 10.2 Å². The van der Waals surface area contributed by atoms with Crippen LogP contribution in [0.15, 0.2) is 41.3 Å². The number of benzene rings is 1. The number of anilines is 1. The maximum absolute atomic E-state index is 13.3. The highest BCUT2D eigenvalue weighted by molar-refractivity contribution is 7.58. The first-order valence-electron chi connectivity index (χ1n) is 11.0. The van der Waals surface area contributed by atoms with Gasteiger partial charge in [0.2, 0.25) is 0 Å². The van der Waals surface area contributed by atoms with Gasteiger partial charge in [0.15, 0.2) is 12.0 Å². The number of carbonyl (C=O) groups excluding carboxylic acids is 1. The van der Waals surface area contributed by atoms with E-state index in [9.17, 15) is 24.1 Å². The van der Waals surface area contributed by atoms with Gasteiger partial charge in [-0.25, -0.2) is 9.18 Å². The van der Waals surface area contributed by atoms with Crippen molar-refractivity contribution in [2.24, 2.45) is 5.41 Å². The summed E-state index contributed by atoms with van der Waals surface area (Å²) < 4.78 is 36.6. The molecule has 0 bridgehead atoms. The monoisotopic (exact) mass is 524 g/mol. The fourth-order valence-corrected chi connectivity index (χ4v) is 4.84. The number of carbonyl (C=O) groups is 1. The maximum atomic E-state index is 13.3. The number of halogens is 1. The van der Waals surface area contributed by atoms with Crippen LogP contribution in [0.2, 0.25) is 0 Å². The molecule has 0 radical (unpaired) electrons. The van der Waals surface area contributed by atoms with Crippen molar-refractivity contribution in [1.29, 1.82) is 5.26 Å². The summed E-state index contributed by atoms with van der Waals surface area (Å²) in [6, 6.07) is 8.41. The first kappa shape index (κ1) is 27.4. The summed E-state index contributed by atoms with van der Waals surface area (Å²) in [4.78, 5) is 39.1. The van der Waals surface area contributed by atoms with E-state index in [1.807, 2.05) is 0 Å². The van der Waals surface area contributed by atoms with Crippen LogP contribution in [0, 0.1) is 22.6 Å². The molecule has 0 saturated carbocycles. The van der Waals surface area contributed by atoms with Gasteiger partial charge in [-0.2, -0.15) is 19.7 Å². The number of hydrogen-bond acceptors (Lipinski definition) is 11. The summed E-state index contributed by atoms with van der Waals surface area (Å²) in [6.07, 6.45) is -0.566. The molecule has 36 heavy (non-hydrogen) atoms. The lowest BCUT2D eigenvalue weighted by Crippen LogP contribution is -2.34. The highest BCUT2D eigenvalue weighted by atomic mass is 31.2. The van der Waals surface area contributed by atoms with Crippen LogP contribution in [-0.4, -0.2) is 45.8 Å². The fraction of sp³-hybridized carbons (Fsp3) is 0.455. The molecule has 194 valence electrons. The highest BCUT2D eigenvalue weighted by Crippen LogP contribution is 2.53. The lowest BCUT2D eigenvalue weighted by atomic mass is 9.87. The van der Waals surface area contributed by atoms with Gasteiger partial charge < -0.3 is 15.2 Å².